The third-order valence-corrected chi connectivity index (χ3v) is 6.85. The summed E-state index contributed by atoms with van der Waals surface area (Å²) in [5.41, 5.74) is 1.34. The zero-order valence-corrected chi connectivity index (χ0v) is 24.0. The molecule has 5 rings (SSSR count). The lowest BCUT2D eigenvalue weighted by Crippen LogP contribution is -2.45. The van der Waals surface area contributed by atoms with Gasteiger partial charge in [0, 0.05) is 11.3 Å². The van der Waals surface area contributed by atoms with Crippen molar-refractivity contribution in [3.8, 4) is 11.5 Å². The number of ketones is 1. The SMILES string of the molecule is CCOc1cc(C2NC(=O)NC(c3ccccc3)=C2C(=O)c2ccccc2)ccc1OCC(=O)Nc1cccc(C(F)(F)F)c1. The lowest BCUT2D eigenvalue weighted by Gasteiger charge is -2.30. The first-order chi connectivity index (χ1) is 21.6. The molecular weight excluding hydrogens is 587 g/mol. The first kappa shape index (κ1) is 30.9. The number of halogens is 3. The predicted molar refractivity (Wildman–Crippen MR) is 162 cm³/mol. The van der Waals surface area contributed by atoms with Crippen LogP contribution in [0.25, 0.3) is 5.70 Å². The van der Waals surface area contributed by atoms with E-state index in [-0.39, 0.29) is 29.6 Å². The monoisotopic (exact) mass is 615 g/mol. The third-order valence-electron chi connectivity index (χ3n) is 6.85. The number of amides is 3. The largest absolute Gasteiger partial charge is 0.490 e. The van der Waals surface area contributed by atoms with Gasteiger partial charge in [-0.25, -0.2) is 4.79 Å². The van der Waals surface area contributed by atoms with Crippen LogP contribution in [-0.4, -0.2) is 30.9 Å². The predicted octanol–water partition coefficient (Wildman–Crippen LogP) is 6.77. The second-order valence-corrected chi connectivity index (χ2v) is 9.94. The van der Waals surface area contributed by atoms with Crippen molar-refractivity contribution in [2.24, 2.45) is 0 Å². The molecule has 1 aliphatic heterocycles. The smallest absolute Gasteiger partial charge is 0.416 e. The number of Topliss-reactive ketones (excluding diaryl/α,β-unsaturated/α-hetero) is 1. The van der Waals surface area contributed by atoms with Gasteiger partial charge in [-0.2, -0.15) is 13.2 Å². The maximum atomic E-state index is 13.9. The summed E-state index contributed by atoms with van der Waals surface area (Å²) in [6.45, 7) is 1.46. The van der Waals surface area contributed by atoms with Crippen LogP contribution < -0.4 is 25.4 Å². The molecule has 0 saturated heterocycles. The second kappa shape index (κ2) is 13.4. The van der Waals surface area contributed by atoms with Crippen LogP contribution in [0.1, 0.15) is 40.0 Å². The molecule has 0 bridgehead atoms. The van der Waals surface area contributed by atoms with Crippen molar-refractivity contribution in [3.05, 3.63) is 131 Å². The van der Waals surface area contributed by atoms with Crippen LogP contribution in [-0.2, 0) is 11.0 Å². The zero-order chi connectivity index (χ0) is 32.0. The highest BCUT2D eigenvalue weighted by molar-refractivity contribution is 6.16. The molecule has 0 spiro atoms. The minimum atomic E-state index is -4.55. The fourth-order valence-electron chi connectivity index (χ4n) is 4.84. The van der Waals surface area contributed by atoms with Gasteiger partial charge in [0.1, 0.15) is 0 Å². The number of carbonyl (C=O) groups excluding carboxylic acids is 3. The fourth-order valence-corrected chi connectivity index (χ4v) is 4.84. The van der Waals surface area contributed by atoms with Crippen molar-refractivity contribution in [2.75, 3.05) is 18.5 Å². The maximum Gasteiger partial charge on any atom is 0.416 e. The lowest BCUT2D eigenvalue weighted by molar-refractivity contribution is -0.137. The third kappa shape index (κ3) is 7.32. The molecule has 0 aliphatic carbocycles. The maximum absolute atomic E-state index is 13.9. The molecule has 1 heterocycles. The van der Waals surface area contributed by atoms with Crippen molar-refractivity contribution >= 4 is 29.1 Å². The van der Waals surface area contributed by atoms with E-state index in [0.717, 1.165) is 12.1 Å². The van der Waals surface area contributed by atoms with Crippen molar-refractivity contribution in [3.63, 3.8) is 0 Å². The lowest BCUT2D eigenvalue weighted by atomic mass is 9.87. The van der Waals surface area contributed by atoms with Crippen molar-refractivity contribution in [1.82, 2.24) is 10.6 Å². The number of urea groups is 1. The van der Waals surface area contributed by atoms with E-state index in [0.29, 0.717) is 28.0 Å². The van der Waals surface area contributed by atoms with E-state index in [1.54, 1.807) is 79.7 Å². The summed E-state index contributed by atoms with van der Waals surface area (Å²) in [5.74, 6) is -0.556. The van der Waals surface area contributed by atoms with Crippen molar-refractivity contribution < 1.29 is 37.0 Å². The number of carbonyl (C=O) groups is 3. The molecule has 0 aromatic heterocycles. The Balaban J connectivity index is 1.44. The number of ether oxygens (including phenoxy) is 2. The molecule has 0 saturated carbocycles. The highest BCUT2D eigenvalue weighted by Gasteiger charge is 2.34. The van der Waals surface area contributed by atoms with Crippen molar-refractivity contribution in [2.45, 2.75) is 19.1 Å². The summed E-state index contributed by atoms with van der Waals surface area (Å²) in [7, 11) is 0. The Morgan fingerprint density at radius 1 is 0.844 bits per heavy atom. The van der Waals surface area contributed by atoms with E-state index in [4.69, 9.17) is 9.47 Å². The van der Waals surface area contributed by atoms with Gasteiger partial charge in [0.15, 0.2) is 23.9 Å². The van der Waals surface area contributed by atoms with Crippen LogP contribution in [0, 0.1) is 0 Å². The Morgan fingerprint density at radius 3 is 2.24 bits per heavy atom. The van der Waals surface area contributed by atoms with E-state index >= 15 is 0 Å². The Kier molecular flexibility index (Phi) is 9.17. The molecule has 45 heavy (non-hydrogen) atoms. The Morgan fingerprint density at radius 2 is 1.56 bits per heavy atom. The normalized spacial score (nSPS) is 14.7. The van der Waals surface area contributed by atoms with Gasteiger partial charge in [-0.05, 0) is 48.4 Å². The van der Waals surface area contributed by atoms with Gasteiger partial charge in [0.05, 0.1) is 29.5 Å². The molecule has 230 valence electrons. The molecule has 0 fully saturated rings. The molecule has 1 atom stereocenters. The van der Waals surface area contributed by atoms with Gasteiger partial charge in [-0.3, -0.25) is 9.59 Å². The van der Waals surface area contributed by atoms with Gasteiger partial charge in [0.2, 0.25) is 0 Å². The highest BCUT2D eigenvalue weighted by atomic mass is 19.4. The van der Waals surface area contributed by atoms with Crippen LogP contribution >= 0.6 is 0 Å². The summed E-state index contributed by atoms with van der Waals surface area (Å²) in [5, 5.41) is 8.04. The quantitative estimate of drug-likeness (QED) is 0.171. The molecule has 4 aromatic rings. The highest BCUT2D eigenvalue weighted by Crippen LogP contribution is 2.37. The molecule has 11 heteroatoms. The van der Waals surface area contributed by atoms with E-state index in [9.17, 15) is 27.6 Å². The number of anilines is 1. The average molecular weight is 616 g/mol. The van der Waals surface area contributed by atoms with Crippen LogP contribution in [0.2, 0.25) is 0 Å². The number of hydrogen-bond acceptors (Lipinski definition) is 5. The molecule has 0 radical (unpaired) electrons. The molecular formula is C34H28F3N3O5. The molecule has 1 aliphatic rings. The van der Waals surface area contributed by atoms with E-state index in [1.807, 2.05) is 6.07 Å². The molecule has 3 amide bonds. The zero-order valence-electron chi connectivity index (χ0n) is 24.0. The fraction of sp³-hybridized carbons (Fsp3) is 0.147. The molecule has 1 unspecified atom stereocenters. The summed E-state index contributed by atoms with van der Waals surface area (Å²) in [6, 6.07) is 25.4. The Labute approximate surface area is 256 Å². The number of benzene rings is 4. The number of alkyl halides is 3. The van der Waals surface area contributed by atoms with Crippen LogP contribution in [0.4, 0.5) is 23.7 Å². The summed E-state index contributed by atoms with van der Waals surface area (Å²) < 4.78 is 50.6. The van der Waals surface area contributed by atoms with E-state index < -0.39 is 36.3 Å². The minimum Gasteiger partial charge on any atom is -0.490 e. The van der Waals surface area contributed by atoms with E-state index in [1.165, 1.54) is 12.1 Å². The summed E-state index contributed by atoms with van der Waals surface area (Å²) in [6.07, 6.45) is -4.55. The van der Waals surface area contributed by atoms with Gasteiger partial charge in [-0.1, -0.05) is 72.8 Å². The van der Waals surface area contributed by atoms with Crippen LogP contribution in [0.5, 0.6) is 11.5 Å². The second-order valence-electron chi connectivity index (χ2n) is 9.94. The first-order valence-corrected chi connectivity index (χ1v) is 14.0. The van der Waals surface area contributed by atoms with Crippen LogP contribution in [0.3, 0.4) is 0 Å². The summed E-state index contributed by atoms with van der Waals surface area (Å²) in [4.78, 5) is 39.4. The van der Waals surface area contributed by atoms with Gasteiger partial charge >= 0.3 is 12.2 Å². The first-order valence-electron chi connectivity index (χ1n) is 14.0. The Hall–Kier alpha value is -5.58. The molecule has 3 N–H and O–H groups in total. The van der Waals surface area contributed by atoms with E-state index in [2.05, 4.69) is 16.0 Å². The standard InChI is InChI=1S/C34H28F3N3O5/c1-2-44-27-18-23(16-17-26(27)45-20-28(41)38-25-15-9-14-24(19-25)34(35,36)37)31-29(32(42)22-12-7-4-8-13-22)30(39-33(43)40-31)21-10-5-3-6-11-21/h3-19,31H,2,20H2,1H3,(H,38,41)(H2,39,40,43). The Bertz CT molecular complexity index is 1740. The minimum absolute atomic E-state index is 0.0305. The number of hydrogen-bond donors (Lipinski definition) is 3. The van der Waals surface area contributed by atoms with Gasteiger partial charge in [0.25, 0.3) is 5.91 Å². The van der Waals surface area contributed by atoms with Crippen molar-refractivity contribution in [1.29, 1.82) is 0 Å². The molecule has 4 aromatic carbocycles. The topological polar surface area (TPSA) is 106 Å². The van der Waals surface area contributed by atoms with Gasteiger partial charge < -0.3 is 25.4 Å². The van der Waals surface area contributed by atoms with Crippen LogP contribution in [0.15, 0.2) is 109 Å². The van der Waals surface area contributed by atoms with Gasteiger partial charge in [-0.15, -0.1) is 0 Å². The molecule has 8 nitrogen and oxygen atoms in total. The summed E-state index contributed by atoms with van der Waals surface area (Å²) >= 11 is 0. The number of nitrogens with one attached hydrogen (secondary N) is 3. The average Bonchev–Trinajstić information content (AvgIpc) is 3.04. The number of rotatable bonds is 10.